The van der Waals surface area contributed by atoms with Crippen LogP contribution in [0.2, 0.25) is 0 Å². The fourth-order valence-electron chi connectivity index (χ4n) is 11.8. The Bertz CT molecular complexity index is 1420. The molecule has 0 aromatic carbocycles. The van der Waals surface area contributed by atoms with Crippen molar-refractivity contribution in [1.29, 1.82) is 0 Å². The van der Waals surface area contributed by atoms with Gasteiger partial charge in [0.25, 0.3) is 0 Å². The molecule has 3 unspecified atom stereocenters. The van der Waals surface area contributed by atoms with E-state index in [1.807, 2.05) is 27.2 Å². The molecule has 0 saturated carbocycles. The van der Waals surface area contributed by atoms with Crippen molar-refractivity contribution in [2.75, 3.05) is 40.9 Å². The van der Waals surface area contributed by atoms with Crippen LogP contribution in [0.4, 0.5) is 0 Å². The third-order valence-electron chi connectivity index (χ3n) is 17.7. The Kier molecular flexibility index (Phi) is 65.6. The van der Waals surface area contributed by atoms with Gasteiger partial charge in [-0.05, 0) is 32.1 Å². The number of amides is 1. The summed E-state index contributed by atoms with van der Waals surface area (Å²) in [5.41, 5.74) is 0. The zero-order valence-corrected chi connectivity index (χ0v) is 58.3. The zero-order chi connectivity index (χ0) is 61.2. The number of unbranched alkanes of at least 4 members (excludes halogenated alkanes) is 56. The van der Waals surface area contributed by atoms with Crippen molar-refractivity contribution in [1.82, 2.24) is 5.32 Å². The van der Waals surface area contributed by atoms with Gasteiger partial charge < -0.3 is 19.8 Å². The van der Waals surface area contributed by atoms with E-state index in [4.69, 9.17) is 9.05 Å². The second-order valence-electron chi connectivity index (χ2n) is 27.4. The molecule has 3 N–H and O–H groups in total. The van der Waals surface area contributed by atoms with E-state index in [2.05, 4.69) is 31.3 Å². The fourth-order valence-corrected chi connectivity index (χ4v) is 12.6. The van der Waals surface area contributed by atoms with Crippen molar-refractivity contribution < 1.29 is 32.9 Å². The number of carbonyl (C=O) groups is 1. The van der Waals surface area contributed by atoms with Crippen molar-refractivity contribution in [2.45, 2.75) is 411 Å². The molecule has 84 heavy (non-hydrogen) atoms. The van der Waals surface area contributed by atoms with Crippen LogP contribution in [0.25, 0.3) is 0 Å². The topological polar surface area (TPSA) is 105 Å². The Morgan fingerprint density at radius 1 is 0.393 bits per heavy atom. The maximum absolute atomic E-state index is 13.1. The van der Waals surface area contributed by atoms with Crippen LogP contribution >= 0.6 is 7.82 Å². The zero-order valence-electron chi connectivity index (χ0n) is 57.4. The van der Waals surface area contributed by atoms with Crippen molar-refractivity contribution in [3.05, 3.63) is 24.3 Å². The molecule has 8 nitrogen and oxygen atoms in total. The number of aliphatic hydroxyl groups excluding tert-OH is 1. The van der Waals surface area contributed by atoms with E-state index >= 15 is 0 Å². The Labute approximate surface area is 525 Å². The van der Waals surface area contributed by atoms with Crippen LogP contribution in [0, 0.1) is 0 Å². The highest BCUT2D eigenvalue weighted by Crippen LogP contribution is 2.43. The third kappa shape index (κ3) is 68.5. The van der Waals surface area contributed by atoms with Gasteiger partial charge in [-0.3, -0.25) is 13.8 Å². The summed E-state index contributed by atoms with van der Waals surface area (Å²) in [6.45, 7) is 4.87. The third-order valence-corrected chi connectivity index (χ3v) is 18.7. The average molecular weight is 1210 g/mol. The van der Waals surface area contributed by atoms with E-state index in [0.717, 1.165) is 38.5 Å². The van der Waals surface area contributed by atoms with Gasteiger partial charge >= 0.3 is 7.82 Å². The first-order valence-corrected chi connectivity index (χ1v) is 39.2. The summed E-state index contributed by atoms with van der Waals surface area (Å²) in [4.78, 5) is 23.4. The molecule has 9 heteroatoms. The fraction of sp³-hybridized carbons (Fsp3) is 0.933. The van der Waals surface area contributed by atoms with Gasteiger partial charge in [0.1, 0.15) is 13.2 Å². The number of likely N-dealkylation sites (N-methyl/N-ethyl adjacent to an activating group) is 1. The first kappa shape index (κ1) is 83.0. The molecule has 0 saturated heterocycles. The summed E-state index contributed by atoms with van der Waals surface area (Å²) in [6.07, 6.45) is 87.9. The lowest BCUT2D eigenvalue weighted by molar-refractivity contribution is -0.870. The monoisotopic (exact) mass is 1210 g/mol. The number of nitrogens with one attached hydrogen (secondary N) is 1. The van der Waals surface area contributed by atoms with Crippen LogP contribution in [0.1, 0.15) is 399 Å². The molecule has 0 fully saturated rings. The minimum Gasteiger partial charge on any atom is -0.387 e. The first-order valence-electron chi connectivity index (χ1n) is 37.7. The number of phosphoric ester groups is 1. The van der Waals surface area contributed by atoms with E-state index in [0.29, 0.717) is 17.4 Å². The highest BCUT2D eigenvalue weighted by molar-refractivity contribution is 7.47. The predicted molar refractivity (Wildman–Crippen MR) is 369 cm³/mol. The summed E-state index contributed by atoms with van der Waals surface area (Å²) >= 11 is 0. The smallest absolute Gasteiger partial charge is 0.387 e. The number of nitrogens with zero attached hydrogens (tertiary/aromatic N) is 1. The molecule has 0 heterocycles. The Morgan fingerprint density at radius 3 is 0.952 bits per heavy atom. The maximum atomic E-state index is 13.1. The number of hydrogen-bond donors (Lipinski definition) is 3. The van der Waals surface area contributed by atoms with Crippen molar-refractivity contribution in [2.24, 2.45) is 0 Å². The van der Waals surface area contributed by atoms with Crippen molar-refractivity contribution >= 4 is 13.7 Å². The second kappa shape index (κ2) is 66.4. The molecule has 0 aromatic rings. The lowest BCUT2D eigenvalue weighted by atomic mass is 10.0. The normalized spacial score (nSPS) is 13.7. The first-order chi connectivity index (χ1) is 41.0. The maximum Gasteiger partial charge on any atom is 0.472 e. The van der Waals surface area contributed by atoms with Crippen LogP contribution in [0.15, 0.2) is 24.3 Å². The van der Waals surface area contributed by atoms with Gasteiger partial charge in [-0.25, -0.2) is 4.57 Å². The molecule has 3 atom stereocenters. The second-order valence-corrected chi connectivity index (χ2v) is 28.8. The lowest BCUT2D eigenvalue weighted by Crippen LogP contribution is -2.45. The van der Waals surface area contributed by atoms with Gasteiger partial charge in [0.2, 0.25) is 5.91 Å². The van der Waals surface area contributed by atoms with E-state index in [1.54, 1.807) is 6.08 Å². The largest absolute Gasteiger partial charge is 0.472 e. The highest BCUT2D eigenvalue weighted by atomic mass is 31.2. The Morgan fingerprint density at radius 2 is 0.655 bits per heavy atom. The van der Waals surface area contributed by atoms with Gasteiger partial charge in [-0.1, -0.05) is 385 Å². The Balaban J connectivity index is 4.02. The van der Waals surface area contributed by atoms with E-state index < -0.39 is 20.0 Å². The molecule has 0 aliphatic carbocycles. The van der Waals surface area contributed by atoms with Gasteiger partial charge in [0.15, 0.2) is 0 Å². The molecule has 0 spiro atoms. The molecule has 500 valence electrons. The summed E-state index contributed by atoms with van der Waals surface area (Å²) < 4.78 is 23.8. The molecule has 1 amide bonds. The molecule has 0 bridgehead atoms. The minimum absolute atomic E-state index is 0.0592. The van der Waals surface area contributed by atoms with E-state index in [-0.39, 0.29) is 19.1 Å². The predicted octanol–water partition coefficient (Wildman–Crippen LogP) is 24.2. The van der Waals surface area contributed by atoms with Crippen molar-refractivity contribution in [3.63, 3.8) is 0 Å². The summed E-state index contributed by atoms with van der Waals surface area (Å²) in [6, 6.07) is -0.862. The van der Waals surface area contributed by atoms with Crippen LogP contribution in [-0.2, 0) is 18.4 Å². The number of hydrogen-bond acceptors (Lipinski definition) is 5. The molecule has 0 rings (SSSR count). The molecule has 0 aromatic heterocycles. The van der Waals surface area contributed by atoms with Crippen LogP contribution < -0.4 is 5.32 Å². The van der Waals surface area contributed by atoms with Crippen LogP contribution in [0.3, 0.4) is 0 Å². The summed E-state index contributed by atoms with van der Waals surface area (Å²) in [7, 11) is 1.58. The number of phosphoric acid groups is 1. The molecule has 0 aliphatic heterocycles. The Hall–Kier alpha value is -1.02. The van der Waals surface area contributed by atoms with E-state index in [9.17, 15) is 19.4 Å². The number of allylic oxidation sites excluding steroid dienone is 3. The molecule has 0 aliphatic rings. The number of aliphatic hydroxyl groups is 1. The van der Waals surface area contributed by atoms with Gasteiger partial charge in [0, 0.05) is 6.42 Å². The standard InChI is InChI=1S/C75H149N2O6P/c1-6-8-10-12-14-16-18-20-22-24-26-28-30-32-34-36-38-40-42-44-46-48-50-52-54-56-58-60-62-64-66-68-74(78)73(72-83-84(80,81)82-71-70-77(3,4)5)76-75(79)69-67-65-63-61-59-57-55-53-51-49-47-45-43-41-39-37-35-33-31-29-27-25-23-21-19-17-15-13-11-9-7-2/h58,60,66,68,73-74,78H,6-57,59,61-65,67,69-72H2,1-5H3,(H-,76,79,80,81)/p+1/b60-58+,68-66+. The summed E-state index contributed by atoms with van der Waals surface area (Å²) in [5.74, 6) is -0.177. The lowest BCUT2D eigenvalue weighted by Gasteiger charge is -2.25. The van der Waals surface area contributed by atoms with Gasteiger partial charge in [-0.15, -0.1) is 0 Å². The number of rotatable bonds is 71. The van der Waals surface area contributed by atoms with Gasteiger partial charge in [-0.2, -0.15) is 0 Å². The van der Waals surface area contributed by atoms with Crippen molar-refractivity contribution in [3.8, 4) is 0 Å². The summed E-state index contributed by atoms with van der Waals surface area (Å²) in [5, 5.41) is 14.0. The molecule has 0 radical (unpaired) electrons. The van der Waals surface area contributed by atoms with Crippen LogP contribution in [-0.4, -0.2) is 73.4 Å². The van der Waals surface area contributed by atoms with E-state index in [1.165, 1.54) is 340 Å². The minimum atomic E-state index is -4.36. The number of carbonyl (C=O) groups excluding carboxylic acids is 1. The average Bonchev–Trinajstić information content (AvgIpc) is 3.56. The molecular formula is C75H150N2O6P+. The van der Waals surface area contributed by atoms with Gasteiger partial charge in [0.05, 0.1) is 39.9 Å². The van der Waals surface area contributed by atoms with Crippen LogP contribution in [0.5, 0.6) is 0 Å². The highest BCUT2D eigenvalue weighted by Gasteiger charge is 2.28. The SMILES string of the molecule is CCCCCCCCCCCCCCCCCCCCCCCCCCC/C=C/CC/C=C/C(O)C(COP(=O)(O)OCC[N+](C)(C)C)NC(=O)CCCCCCCCCCCCCCCCCCCCCCCCCCCCCCCCC. The quantitative estimate of drug-likeness (QED) is 0.0243. The number of quaternary nitrogens is 1. The molecular weight excluding hydrogens is 1060 g/mol.